The van der Waals surface area contributed by atoms with Gasteiger partial charge in [-0.3, -0.25) is 4.79 Å². The molecule has 0 bridgehead atoms. The van der Waals surface area contributed by atoms with Crippen LogP contribution in [0, 0.1) is 5.41 Å². The second-order valence-electron chi connectivity index (χ2n) is 5.60. The Morgan fingerprint density at radius 2 is 2.05 bits per heavy atom. The van der Waals surface area contributed by atoms with Gasteiger partial charge in [0.05, 0.1) is 11.5 Å². The Morgan fingerprint density at radius 1 is 1.42 bits per heavy atom. The van der Waals surface area contributed by atoms with Crippen LogP contribution < -0.4 is 5.73 Å². The van der Waals surface area contributed by atoms with Crippen molar-refractivity contribution in [2.45, 2.75) is 44.2 Å². The fraction of sp³-hybridized carbons (Fsp3) is 0.846. The standard InChI is InChI=1S/C13H22N2O4/c1-19-9-6-10(11(16)17)15(7-9)12(18)13(8-14)4-2-3-5-13/h9-10H,2-8,14H2,1H3,(H,16,17). The quantitative estimate of drug-likeness (QED) is 0.761. The summed E-state index contributed by atoms with van der Waals surface area (Å²) in [5, 5.41) is 9.26. The molecule has 1 heterocycles. The molecular weight excluding hydrogens is 248 g/mol. The van der Waals surface area contributed by atoms with Gasteiger partial charge in [-0.05, 0) is 12.8 Å². The van der Waals surface area contributed by atoms with Crippen molar-refractivity contribution in [2.24, 2.45) is 11.1 Å². The van der Waals surface area contributed by atoms with Gasteiger partial charge < -0.3 is 20.5 Å². The van der Waals surface area contributed by atoms with Gasteiger partial charge in [0.2, 0.25) is 5.91 Å². The van der Waals surface area contributed by atoms with E-state index in [1.165, 1.54) is 4.90 Å². The molecule has 0 radical (unpaired) electrons. The van der Waals surface area contributed by atoms with E-state index in [-0.39, 0.29) is 12.0 Å². The Kier molecular flexibility index (Phi) is 4.10. The highest BCUT2D eigenvalue weighted by atomic mass is 16.5. The van der Waals surface area contributed by atoms with Gasteiger partial charge in [0, 0.05) is 26.6 Å². The number of aliphatic carboxylic acids is 1. The van der Waals surface area contributed by atoms with Crippen LogP contribution >= 0.6 is 0 Å². The van der Waals surface area contributed by atoms with Crippen LogP contribution in [0.2, 0.25) is 0 Å². The molecule has 6 nitrogen and oxygen atoms in total. The van der Waals surface area contributed by atoms with Crippen molar-refractivity contribution in [3.63, 3.8) is 0 Å². The van der Waals surface area contributed by atoms with Crippen LogP contribution in [-0.4, -0.2) is 54.2 Å². The highest BCUT2D eigenvalue weighted by molar-refractivity contribution is 5.88. The Hall–Kier alpha value is -1.14. The first-order valence-electron chi connectivity index (χ1n) is 6.81. The number of rotatable bonds is 4. The molecule has 2 fully saturated rings. The van der Waals surface area contributed by atoms with Crippen molar-refractivity contribution in [1.29, 1.82) is 0 Å². The Bertz CT molecular complexity index is 366. The molecule has 1 saturated carbocycles. The minimum atomic E-state index is -0.960. The van der Waals surface area contributed by atoms with Gasteiger partial charge in [0.25, 0.3) is 0 Å². The number of amides is 1. The predicted molar refractivity (Wildman–Crippen MR) is 68.5 cm³/mol. The molecule has 0 spiro atoms. The van der Waals surface area contributed by atoms with Gasteiger partial charge in [-0.2, -0.15) is 0 Å². The summed E-state index contributed by atoms with van der Waals surface area (Å²) in [6, 6.07) is -0.776. The van der Waals surface area contributed by atoms with Crippen LogP contribution in [0.1, 0.15) is 32.1 Å². The van der Waals surface area contributed by atoms with Crippen LogP contribution in [-0.2, 0) is 14.3 Å². The molecule has 0 aromatic carbocycles. The van der Waals surface area contributed by atoms with E-state index in [0.717, 1.165) is 25.7 Å². The van der Waals surface area contributed by atoms with Crippen LogP contribution in [0.25, 0.3) is 0 Å². The van der Waals surface area contributed by atoms with Crippen molar-refractivity contribution in [3.8, 4) is 0 Å². The van der Waals surface area contributed by atoms with Gasteiger partial charge in [0.15, 0.2) is 0 Å². The van der Waals surface area contributed by atoms with Crippen molar-refractivity contribution >= 4 is 11.9 Å². The van der Waals surface area contributed by atoms with E-state index in [0.29, 0.717) is 19.5 Å². The number of likely N-dealkylation sites (tertiary alicyclic amines) is 1. The lowest BCUT2D eigenvalue weighted by molar-refractivity contribution is -0.152. The number of carbonyl (C=O) groups excluding carboxylic acids is 1. The number of hydrogen-bond donors (Lipinski definition) is 2. The third kappa shape index (κ3) is 2.47. The first kappa shape index (κ1) is 14.3. The van der Waals surface area contributed by atoms with E-state index in [1.54, 1.807) is 7.11 Å². The van der Waals surface area contributed by atoms with Crippen molar-refractivity contribution in [1.82, 2.24) is 4.90 Å². The second-order valence-corrected chi connectivity index (χ2v) is 5.60. The molecule has 2 unspecified atom stereocenters. The molecule has 1 aliphatic heterocycles. The van der Waals surface area contributed by atoms with E-state index in [9.17, 15) is 14.7 Å². The summed E-state index contributed by atoms with van der Waals surface area (Å²) >= 11 is 0. The summed E-state index contributed by atoms with van der Waals surface area (Å²) in [5.74, 6) is -1.06. The lowest BCUT2D eigenvalue weighted by Gasteiger charge is -2.33. The maximum Gasteiger partial charge on any atom is 0.326 e. The molecule has 2 aliphatic rings. The third-order valence-electron chi connectivity index (χ3n) is 4.55. The molecule has 0 aromatic heterocycles. The molecular formula is C13H22N2O4. The Balaban J connectivity index is 2.18. The number of nitrogens with two attached hydrogens (primary N) is 1. The molecule has 2 atom stereocenters. The van der Waals surface area contributed by atoms with Crippen molar-refractivity contribution in [2.75, 3.05) is 20.2 Å². The molecule has 6 heteroatoms. The summed E-state index contributed by atoms with van der Waals surface area (Å²) in [5.41, 5.74) is 5.25. The van der Waals surface area contributed by atoms with E-state index in [1.807, 2.05) is 0 Å². The van der Waals surface area contributed by atoms with E-state index in [4.69, 9.17) is 10.5 Å². The Labute approximate surface area is 112 Å². The highest BCUT2D eigenvalue weighted by Gasteiger charge is 2.48. The topological polar surface area (TPSA) is 92.9 Å². The number of carbonyl (C=O) groups is 2. The normalized spacial score (nSPS) is 29.7. The first-order chi connectivity index (χ1) is 9.04. The predicted octanol–water partition coefficient (Wildman–Crippen LogP) is 0.206. The lowest BCUT2D eigenvalue weighted by Crippen LogP contribution is -2.50. The summed E-state index contributed by atoms with van der Waals surface area (Å²) < 4.78 is 5.21. The summed E-state index contributed by atoms with van der Waals surface area (Å²) in [7, 11) is 1.55. The molecule has 0 aromatic rings. The zero-order valence-electron chi connectivity index (χ0n) is 11.3. The van der Waals surface area contributed by atoms with Gasteiger partial charge >= 0.3 is 5.97 Å². The van der Waals surface area contributed by atoms with Gasteiger partial charge in [0.1, 0.15) is 6.04 Å². The molecule has 2 rings (SSSR count). The molecule has 1 saturated heterocycles. The second kappa shape index (κ2) is 5.46. The summed E-state index contributed by atoms with van der Waals surface area (Å²) in [6.07, 6.45) is 3.68. The van der Waals surface area contributed by atoms with Crippen LogP contribution in [0.5, 0.6) is 0 Å². The minimum Gasteiger partial charge on any atom is -0.480 e. The fourth-order valence-electron chi connectivity index (χ4n) is 3.29. The third-order valence-corrected chi connectivity index (χ3v) is 4.55. The number of ether oxygens (including phenoxy) is 1. The first-order valence-corrected chi connectivity index (χ1v) is 6.81. The van der Waals surface area contributed by atoms with Crippen molar-refractivity contribution < 1.29 is 19.4 Å². The number of nitrogens with zero attached hydrogens (tertiary/aromatic N) is 1. The van der Waals surface area contributed by atoms with Crippen LogP contribution in [0.15, 0.2) is 0 Å². The van der Waals surface area contributed by atoms with Gasteiger partial charge in [-0.25, -0.2) is 4.79 Å². The highest BCUT2D eigenvalue weighted by Crippen LogP contribution is 2.40. The zero-order chi connectivity index (χ0) is 14.0. The molecule has 1 aliphatic carbocycles. The summed E-state index contributed by atoms with van der Waals surface area (Å²) in [6.45, 7) is 0.653. The molecule has 108 valence electrons. The minimum absolute atomic E-state index is 0.0977. The van der Waals surface area contributed by atoms with Crippen LogP contribution in [0.4, 0.5) is 0 Å². The average Bonchev–Trinajstić information content (AvgIpc) is 3.05. The average molecular weight is 270 g/mol. The lowest BCUT2D eigenvalue weighted by atomic mass is 9.84. The maximum absolute atomic E-state index is 12.7. The number of carboxylic acid groups (broad SMARTS) is 1. The summed E-state index contributed by atoms with van der Waals surface area (Å²) in [4.78, 5) is 25.5. The van der Waals surface area contributed by atoms with Crippen LogP contribution in [0.3, 0.4) is 0 Å². The number of carboxylic acids is 1. The number of methoxy groups -OCH3 is 1. The van der Waals surface area contributed by atoms with Crippen molar-refractivity contribution in [3.05, 3.63) is 0 Å². The van der Waals surface area contributed by atoms with E-state index >= 15 is 0 Å². The maximum atomic E-state index is 12.7. The largest absolute Gasteiger partial charge is 0.480 e. The monoisotopic (exact) mass is 270 g/mol. The Morgan fingerprint density at radius 3 is 2.53 bits per heavy atom. The molecule has 3 N–H and O–H groups in total. The molecule has 1 amide bonds. The van der Waals surface area contributed by atoms with Gasteiger partial charge in [-0.15, -0.1) is 0 Å². The zero-order valence-corrected chi connectivity index (χ0v) is 11.3. The fourth-order valence-corrected chi connectivity index (χ4v) is 3.29. The van der Waals surface area contributed by atoms with E-state index < -0.39 is 17.4 Å². The number of hydrogen-bond acceptors (Lipinski definition) is 4. The smallest absolute Gasteiger partial charge is 0.326 e. The van der Waals surface area contributed by atoms with E-state index in [2.05, 4.69) is 0 Å². The SMILES string of the molecule is COC1CC(C(=O)O)N(C(=O)C2(CN)CCCC2)C1. The molecule has 19 heavy (non-hydrogen) atoms. The van der Waals surface area contributed by atoms with Gasteiger partial charge in [-0.1, -0.05) is 12.8 Å².